The zero-order valence-electron chi connectivity index (χ0n) is 31.7. The van der Waals surface area contributed by atoms with Crippen molar-refractivity contribution in [3.8, 4) is 17.2 Å². The van der Waals surface area contributed by atoms with E-state index < -0.39 is 17.9 Å². The van der Waals surface area contributed by atoms with Gasteiger partial charge in [0.1, 0.15) is 17.3 Å². The number of nitrogens with zero attached hydrogens (tertiary/aromatic N) is 2. The Labute approximate surface area is 327 Å². The highest BCUT2D eigenvalue weighted by molar-refractivity contribution is 6.02. The summed E-state index contributed by atoms with van der Waals surface area (Å²) >= 11 is 0. The number of nitrogens with one attached hydrogen (secondary N) is 1. The molecule has 3 heterocycles. The van der Waals surface area contributed by atoms with Crippen LogP contribution >= 0.6 is 0 Å². The van der Waals surface area contributed by atoms with E-state index in [0.717, 1.165) is 50.2 Å². The minimum Gasteiger partial charge on any atom is -0.664 e. The third kappa shape index (κ3) is 8.93. The van der Waals surface area contributed by atoms with Crippen molar-refractivity contribution in [2.45, 2.75) is 76.2 Å². The van der Waals surface area contributed by atoms with E-state index >= 15 is 0 Å². The summed E-state index contributed by atoms with van der Waals surface area (Å²) in [4.78, 5) is 36.0. The van der Waals surface area contributed by atoms with E-state index in [1.54, 1.807) is 30.5 Å². The van der Waals surface area contributed by atoms with Crippen LogP contribution < -0.4 is 9.72 Å². The van der Waals surface area contributed by atoms with Gasteiger partial charge in [0.15, 0.2) is 11.5 Å². The average molecular weight is 756 g/mol. The summed E-state index contributed by atoms with van der Waals surface area (Å²) in [5, 5.41) is 47.2. The summed E-state index contributed by atoms with van der Waals surface area (Å²) < 4.78 is 5.55. The number of carbonyl (C=O) groups excluding carboxylic acids is 2. The molecule has 0 amide bonds. The SMILES string of the molecule is COc1cc2cc(c1O)Cc1ccc(CCCO)c(c1)Cc1cc[nH]c1[N-]CC1=Cc3[n-]ccc3C(CC(O)CCc3cccc(O)c3)C1C(=O)CC(=O)CC2. The molecule has 0 radical (unpaired) electrons. The Morgan fingerprint density at radius 1 is 0.911 bits per heavy atom. The lowest BCUT2D eigenvalue weighted by Crippen LogP contribution is -2.32. The molecule has 0 saturated heterocycles. The molecule has 3 aromatic carbocycles. The molecule has 4 bridgehead atoms. The van der Waals surface area contributed by atoms with Crippen molar-refractivity contribution in [2.75, 3.05) is 20.3 Å². The van der Waals surface area contributed by atoms with Crippen molar-refractivity contribution in [3.63, 3.8) is 0 Å². The number of methoxy groups -OCH3 is 1. The standard InChI is InChI=1S/C46H49N3O7/c1-56-43-22-30-9-12-38(53)26-42(54)44-35(24-41-39(14-16-47-41)40(44)25-37(52)11-8-28-4-2-6-36(51)21-28)27-49-46-32(13-15-48-46)23-33-18-29(19-34(20-30)45(43)55)7-10-31(33)5-3-17-50/h2,4,6-7,10,13-16,18,20-22,24,37,40,44,48,50-52,55H,3,5,8-9,11-12,17,19,23,25-27H2,1H3/q-2. The van der Waals surface area contributed by atoms with Crippen molar-refractivity contribution in [2.24, 2.45) is 5.92 Å². The molecule has 10 nitrogen and oxygen atoms in total. The lowest BCUT2D eigenvalue weighted by atomic mass is 9.71. The van der Waals surface area contributed by atoms with Gasteiger partial charge in [-0.1, -0.05) is 77.8 Å². The number of phenols is 2. The topological polar surface area (TPSA) is 168 Å². The van der Waals surface area contributed by atoms with Crippen LogP contribution in [0.1, 0.15) is 88.2 Å². The smallest absolute Gasteiger partial charge is 0.161 e. The second-order valence-electron chi connectivity index (χ2n) is 15.1. The lowest BCUT2D eigenvalue weighted by Gasteiger charge is -2.37. The van der Waals surface area contributed by atoms with Gasteiger partial charge in [0.05, 0.1) is 19.6 Å². The number of hydrogen-bond acceptors (Lipinski definition) is 7. The summed E-state index contributed by atoms with van der Waals surface area (Å²) in [7, 11) is 1.50. The molecule has 5 aromatic rings. The molecule has 10 heteroatoms. The van der Waals surface area contributed by atoms with Crippen LogP contribution in [0.4, 0.5) is 5.82 Å². The first-order valence-corrected chi connectivity index (χ1v) is 19.5. The maximum absolute atomic E-state index is 14.5. The first-order valence-electron chi connectivity index (χ1n) is 19.5. The summed E-state index contributed by atoms with van der Waals surface area (Å²) in [6, 6.07) is 20.8. The molecule has 2 aliphatic rings. The Kier molecular flexibility index (Phi) is 12.1. The number of ketones is 2. The van der Waals surface area contributed by atoms with Gasteiger partial charge in [0, 0.05) is 30.9 Å². The Morgan fingerprint density at radius 3 is 2.59 bits per heavy atom. The van der Waals surface area contributed by atoms with Crippen LogP contribution in [0.15, 0.2) is 84.7 Å². The monoisotopic (exact) mass is 755 g/mol. The Bertz CT molecular complexity index is 2220. The number of Topliss-reactive ketones (excluding diaryl/α,β-unsaturated/α-hetero) is 2. The number of fused-ring (bicyclic) bond motifs is 7. The number of aromatic hydroxyl groups is 2. The van der Waals surface area contributed by atoms with Crippen molar-refractivity contribution >= 4 is 23.5 Å². The maximum atomic E-state index is 14.5. The Morgan fingerprint density at radius 2 is 1.77 bits per heavy atom. The molecule has 3 atom stereocenters. The van der Waals surface area contributed by atoms with Crippen molar-refractivity contribution in [1.82, 2.24) is 9.97 Å². The number of H-pyrrole nitrogens is 1. The molecule has 1 aliphatic carbocycles. The predicted molar refractivity (Wildman–Crippen MR) is 215 cm³/mol. The van der Waals surface area contributed by atoms with Crippen LogP contribution in [0.5, 0.6) is 17.2 Å². The third-order valence-electron chi connectivity index (χ3n) is 11.2. The minimum atomic E-state index is -0.758. The van der Waals surface area contributed by atoms with Crippen LogP contribution in [-0.4, -0.2) is 63.3 Å². The molecule has 5 N–H and O–H groups in total. The van der Waals surface area contributed by atoms with Crippen molar-refractivity contribution in [1.29, 1.82) is 0 Å². The zero-order valence-corrected chi connectivity index (χ0v) is 31.7. The van der Waals surface area contributed by atoms with E-state index in [1.165, 1.54) is 7.11 Å². The third-order valence-corrected chi connectivity index (χ3v) is 11.2. The Hall–Kier alpha value is -5.58. The van der Waals surface area contributed by atoms with Gasteiger partial charge in [-0.25, -0.2) is 0 Å². The van der Waals surface area contributed by atoms with Gasteiger partial charge in [-0.3, -0.25) is 9.59 Å². The molecule has 7 rings (SSSR count). The number of ether oxygens (including phenoxy) is 1. The number of aromatic nitrogens is 2. The Balaban J connectivity index is 1.24. The van der Waals surface area contributed by atoms with Gasteiger partial charge in [-0.15, -0.1) is 5.69 Å². The average Bonchev–Trinajstić information content (AvgIpc) is 3.85. The van der Waals surface area contributed by atoms with Gasteiger partial charge < -0.3 is 40.4 Å². The number of benzene rings is 3. The van der Waals surface area contributed by atoms with Crippen LogP contribution in [-0.2, 0) is 41.7 Å². The highest BCUT2D eigenvalue weighted by Crippen LogP contribution is 2.44. The second-order valence-corrected chi connectivity index (χ2v) is 15.1. The van der Waals surface area contributed by atoms with Gasteiger partial charge in [0.2, 0.25) is 0 Å². The summed E-state index contributed by atoms with van der Waals surface area (Å²) in [5.41, 5.74) is 8.94. The van der Waals surface area contributed by atoms with Crippen LogP contribution in [0.25, 0.3) is 11.4 Å². The van der Waals surface area contributed by atoms with Crippen molar-refractivity contribution in [3.05, 3.63) is 140 Å². The fraction of sp³-hybridized carbons (Fsp3) is 0.348. The number of aromatic amines is 1. The van der Waals surface area contributed by atoms with Gasteiger partial charge in [-0.05, 0) is 109 Å². The fourth-order valence-electron chi connectivity index (χ4n) is 8.37. The van der Waals surface area contributed by atoms with E-state index in [0.29, 0.717) is 62.1 Å². The minimum absolute atomic E-state index is 0.0504. The number of aryl methyl sites for hydroxylation is 3. The van der Waals surface area contributed by atoms with Crippen LogP contribution in [0.2, 0.25) is 0 Å². The molecular formula is C46H49N3O7-2. The van der Waals surface area contributed by atoms with E-state index in [4.69, 9.17) is 10.1 Å². The number of carbonyl (C=O) groups is 2. The number of aliphatic hydroxyl groups is 2. The molecule has 0 spiro atoms. The zero-order chi connectivity index (χ0) is 39.2. The lowest BCUT2D eigenvalue weighted by molar-refractivity contribution is -0.129. The fourth-order valence-corrected chi connectivity index (χ4v) is 8.37. The summed E-state index contributed by atoms with van der Waals surface area (Å²) in [6.45, 7) is 0.280. The summed E-state index contributed by atoms with van der Waals surface area (Å²) in [5.74, 6) is -0.291. The quantitative estimate of drug-likeness (QED) is 0.0988. The summed E-state index contributed by atoms with van der Waals surface area (Å²) in [6.07, 6.45) is 8.58. The molecular weight excluding hydrogens is 707 g/mol. The predicted octanol–water partition coefficient (Wildman–Crippen LogP) is 7.16. The highest BCUT2D eigenvalue weighted by Gasteiger charge is 2.36. The maximum Gasteiger partial charge on any atom is 0.161 e. The van der Waals surface area contributed by atoms with Gasteiger partial charge in [-0.2, -0.15) is 6.20 Å². The molecule has 0 fully saturated rings. The molecule has 292 valence electrons. The van der Waals surface area contributed by atoms with Crippen molar-refractivity contribution < 1.29 is 34.8 Å². The van der Waals surface area contributed by atoms with Gasteiger partial charge >= 0.3 is 0 Å². The first-order chi connectivity index (χ1) is 27.2. The number of phenolic OH excluding ortho intramolecular Hbond substituents is 2. The normalized spacial score (nSPS) is 17.9. The molecule has 56 heavy (non-hydrogen) atoms. The van der Waals surface area contributed by atoms with E-state index in [1.807, 2.05) is 36.5 Å². The van der Waals surface area contributed by atoms with Crippen LogP contribution in [0, 0.1) is 5.92 Å². The number of aliphatic hydroxyl groups excluding tert-OH is 2. The van der Waals surface area contributed by atoms with Gasteiger partial charge in [0.25, 0.3) is 0 Å². The molecule has 1 aliphatic heterocycles. The van der Waals surface area contributed by atoms with E-state index in [2.05, 4.69) is 28.2 Å². The van der Waals surface area contributed by atoms with E-state index in [-0.39, 0.29) is 55.5 Å². The molecule has 3 unspecified atom stereocenters. The largest absolute Gasteiger partial charge is 0.664 e. The number of hydrogen-bond donors (Lipinski definition) is 5. The first kappa shape index (κ1) is 38.7. The second kappa shape index (κ2) is 17.5. The highest BCUT2D eigenvalue weighted by atomic mass is 16.5. The molecule has 2 aromatic heterocycles. The van der Waals surface area contributed by atoms with Crippen LogP contribution in [0.3, 0.4) is 0 Å². The van der Waals surface area contributed by atoms with E-state index in [9.17, 15) is 30.0 Å². The molecule has 0 saturated carbocycles. The number of rotatable bonds is 9.